The van der Waals surface area contributed by atoms with E-state index >= 15 is 0 Å². The summed E-state index contributed by atoms with van der Waals surface area (Å²) in [6.45, 7) is 0.400. The van der Waals surface area contributed by atoms with Crippen LogP contribution < -0.4 is 20.9 Å². The molecule has 0 bridgehead atoms. The van der Waals surface area contributed by atoms with E-state index in [4.69, 9.17) is 15.1 Å². The zero-order valence-corrected chi connectivity index (χ0v) is 18.9. The Bertz CT molecular complexity index is 1120. The minimum absolute atomic E-state index is 0.0680. The minimum Gasteiger partial charge on any atom is -0.491 e. The van der Waals surface area contributed by atoms with Crippen LogP contribution in [0, 0.1) is 0 Å². The molecule has 0 aliphatic rings. The van der Waals surface area contributed by atoms with Crippen molar-refractivity contribution in [3.63, 3.8) is 0 Å². The van der Waals surface area contributed by atoms with E-state index in [0.29, 0.717) is 12.2 Å². The number of amides is 3. The zero-order chi connectivity index (χ0) is 25.0. The number of nitrogens with one attached hydrogen (secondary N) is 3. The third-order valence-electron chi connectivity index (χ3n) is 5.16. The second kappa shape index (κ2) is 12.9. The molecule has 3 aromatic carbocycles. The number of hydrogen-bond donors (Lipinski definition) is 5. The molecule has 0 spiro atoms. The smallest absolute Gasteiger partial charge is 0.275 e. The molecule has 0 saturated heterocycles. The van der Waals surface area contributed by atoms with Gasteiger partial charge in [0.1, 0.15) is 12.4 Å². The Morgan fingerprint density at radius 2 is 1.46 bits per heavy atom. The molecule has 0 heterocycles. The Balaban J connectivity index is 1.60. The van der Waals surface area contributed by atoms with E-state index in [1.54, 1.807) is 36.4 Å². The summed E-state index contributed by atoms with van der Waals surface area (Å²) in [6, 6.07) is 21.7. The van der Waals surface area contributed by atoms with Gasteiger partial charge in [0.15, 0.2) is 6.04 Å². The normalized spacial score (nSPS) is 11.3. The molecule has 1 atom stereocenters. The molecular weight excluding hydrogens is 450 g/mol. The standard InChI is InChI=1S/C26H27N3O6/c30-16-17-35-22-12-10-20(11-13-22)19-6-8-21(9-7-19)24(31)28-23(26(33)29-34)25(32)27-15-14-18-4-2-1-3-5-18/h1-13,23,30,34H,14-17H2,(H,27,32)(H,28,31)(H,29,33). The predicted molar refractivity (Wildman–Crippen MR) is 129 cm³/mol. The number of carbonyl (C=O) groups is 3. The van der Waals surface area contributed by atoms with Crippen molar-refractivity contribution >= 4 is 17.7 Å². The van der Waals surface area contributed by atoms with Crippen molar-refractivity contribution in [2.75, 3.05) is 19.8 Å². The monoisotopic (exact) mass is 477 g/mol. The largest absolute Gasteiger partial charge is 0.491 e. The summed E-state index contributed by atoms with van der Waals surface area (Å²) in [7, 11) is 0. The Hall–Kier alpha value is -4.21. The van der Waals surface area contributed by atoms with Crippen molar-refractivity contribution in [1.29, 1.82) is 0 Å². The summed E-state index contributed by atoms with van der Waals surface area (Å²) >= 11 is 0. The zero-order valence-electron chi connectivity index (χ0n) is 18.9. The highest BCUT2D eigenvalue weighted by Gasteiger charge is 2.28. The van der Waals surface area contributed by atoms with E-state index < -0.39 is 23.8 Å². The lowest BCUT2D eigenvalue weighted by molar-refractivity contribution is -0.137. The summed E-state index contributed by atoms with van der Waals surface area (Å²) in [6.07, 6.45) is 0.546. The van der Waals surface area contributed by atoms with E-state index in [-0.39, 0.29) is 25.3 Å². The molecule has 0 aliphatic heterocycles. The van der Waals surface area contributed by atoms with Crippen molar-refractivity contribution in [3.05, 3.63) is 90.0 Å². The summed E-state index contributed by atoms with van der Waals surface area (Å²) in [5.41, 5.74) is 4.41. The number of carbonyl (C=O) groups excluding carboxylic acids is 3. The quantitative estimate of drug-likeness (QED) is 0.162. The van der Waals surface area contributed by atoms with Crippen LogP contribution >= 0.6 is 0 Å². The van der Waals surface area contributed by atoms with E-state index in [9.17, 15) is 14.4 Å². The number of aliphatic hydroxyl groups excluding tert-OH is 1. The number of hydroxylamine groups is 1. The van der Waals surface area contributed by atoms with Crippen molar-refractivity contribution < 1.29 is 29.4 Å². The topological polar surface area (TPSA) is 137 Å². The fourth-order valence-corrected chi connectivity index (χ4v) is 3.33. The molecule has 0 fully saturated rings. The number of benzene rings is 3. The first kappa shape index (κ1) is 25.4. The lowest BCUT2D eigenvalue weighted by atomic mass is 10.0. The molecule has 5 N–H and O–H groups in total. The summed E-state index contributed by atoms with van der Waals surface area (Å²) < 4.78 is 5.34. The Morgan fingerprint density at radius 1 is 0.829 bits per heavy atom. The maximum atomic E-state index is 12.7. The number of hydrogen-bond acceptors (Lipinski definition) is 6. The van der Waals surface area contributed by atoms with Crippen molar-refractivity contribution in [2.24, 2.45) is 0 Å². The molecule has 0 saturated carbocycles. The fourth-order valence-electron chi connectivity index (χ4n) is 3.33. The third-order valence-corrected chi connectivity index (χ3v) is 5.16. The molecule has 3 aromatic rings. The van der Waals surface area contributed by atoms with Gasteiger partial charge in [0, 0.05) is 12.1 Å². The number of ether oxygens (including phenoxy) is 1. The van der Waals surface area contributed by atoms with Crippen LogP contribution in [-0.4, -0.2) is 53.8 Å². The van der Waals surface area contributed by atoms with Gasteiger partial charge in [-0.25, -0.2) is 5.48 Å². The molecule has 0 radical (unpaired) electrons. The summed E-state index contributed by atoms with van der Waals surface area (Å²) in [5.74, 6) is -1.79. The Kier molecular flexibility index (Phi) is 9.35. The van der Waals surface area contributed by atoms with Crippen LogP contribution in [0.15, 0.2) is 78.9 Å². The third kappa shape index (κ3) is 7.39. The van der Waals surface area contributed by atoms with E-state index in [0.717, 1.165) is 16.7 Å². The molecule has 0 aromatic heterocycles. The average Bonchev–Trinajstić information content (AvgIpc) is 2.91. The molecule has 1 unspecified atom stereocenters. The van der Waals surface area contributed by atoms with E-state index in [2.05, 4.69) is 10.6 Å². The first-order chi connectivity index (χ1) is 17.0. The van der Waals surface area contributed by atoms with Gasteiger partial charge in [0.05, 0.1) is 6.61 Å². The van der Waals surface area contributed by atoms with Gasteiger partial charge in [-0.3, -0.25) is 19.6 Å². The molecule has 182 valence electrons. The Labute approximate surface area is 202 Å². The van der Waals surface area contributed by atoms with Crippen LogP contribution in [0.25, 0.3) is 11.1 Å². The van der Waals surface area contributed by atoms with Crippen LogP contribution in [0.4, 0.5) is 0 Å². The molecule has 9 heteroatoms. The van der Waals surface area contributed by atoms with Gasteiger partial charge in [0.2, 0.25) is 0 Å². The molecule has 3 rings (SSSR count). The molecule has 35 heavy (non-hydrogen) atoms. The summed E-state index contributed by atoms with van der Waals surface area (Å²) in [4.78, 5) is 37.2. The lowest BCUT2D eigenvalue weighted by Crippen LogP contribution is -2.55. The highest BCUT2D eigenvalue weighted by molar-refractivity contribution is 6.08. The van der Waals surface area contributed by atoms with Crippen molar-refractivity contribution in [2.45, 2.75) is 12.5 Å². The van der Waals surface area contributed by atoms with Crippen molar-refractivity contribution in [1.82, 2.24) is 16.1 Å². The van der Waals surface area contributed by atoms with Gasteiger partial charge in [0.25, 0.3) is 17.7 Å². The van der Waals surface area contributed by atoms with E-state index in [1.165, 1.54) is 5.48 Å². The molecule has 3 amide bonds. The second-order valence-corrected chi connectivity index (χ2v) is 7.58. The molecule has 0 aliphatic carbocycles. The van der Waals surface area contributed by atoms with Crippen molar-refractivity contribution in [3.8, 4) is 16.9 Å². The molecule has 9 nitrogen and oxygen atoms in total. The first-order valence-electron chi connectivity index (χ1n) is 11.0. The fraction of sp³-hybridized carbons (Fsp3) is 0.192. The second-order valence-electron chi connectivity index (χ2n) is 7.58. The average molecular weight is 478 g/mol. The SMILES string of the molecule is O=C(NC(C(=O)NO)C(=O)NCCc1ccccc1)c1ccc(-c2ccc(OCCO)cc2)cc1. The summed E-state index contributed by atoms with van der Waals surface area (Å²) in [5, 5.41) is 22.8. The lowest BCUT2D eigenvalue weighted by Gasteiger charge is -2.17. The predicted octanol–water partition coefficient (Wildman–Crippen LogP) is 1.69. The minimum atomic E-state index is -1.60. The molecular formula is C26H27N3O6. The van der Waals surface area contributed by atoms with Crippen LogP contribution in [0.1, 0.15) is 15.9 Å². The Morgan fingerprint density at radius 3 is 2.06 bits per heavy atom. The highest BCUT2D eigenvalue weighted by atomic mass is 16.5. The number of rotatable bonds is 11. The van der Waals surface area contributed by atoms with Gasteiger partial charge in [-0.15, -0.1) is 0 Å². The van der Waals surface area contributed by atoms with Gasteiger partial charge in [-0.1, -0.05) is 54.6 Å². The maximum absolute atomic E-state index is 12.7. The van der Waals surface area contributed by atoms with Gasteiger partial charge >= 0.3 is 0 Å². The maximum Gasteiger partial charge on any atom is 0.275 e. The van der Waals surface area contributed by atoms with Crippen LogP contribution in [0.3, 0.4) is 0 Å². The number of aliphatic hydroxyl groups is 1. The van der Waals surface area contributed by atoms with Crippen LogP contribution in [0.5, 0.6) is 5.75 Å². The van der Waals surface area contributed by atoms with Crippen LogP contribution in [-0.2, 0) is 16.0 Å². The van der Waals surface area contributed by atoms with Crippen LogP contribution in [0.2, 0.25) is 0 Å². The van der Waals surface area contributed by atoms with Gasteiger partial charge in [-0.05, 0) is 47.4 Å². The van der Waals surface area contributed by atoms with Gasteiger partial charge in [-0.2, -0.15) is 0 Å². The first-order valence-corrected chi connectivity index (χ1v) is 11.0. The van der Waals surface area contributed by atoms with E-state index in [1.807, 2.05) is 42.5 Å². The van der Waals surface area contributed by atoms with Gasteiger partial charge < -0.3 is 20.5 Å². The highest BCUT2D eigenvalue weighted by Crippen LogP contribution is 2.23.